The van der Waals surface area contributed by atoms with Crippen LogP contribution in [0.2, 0.25) is 0 Å². The highest BCUT2D eigenvalue weighted by Gasteiger charge is 2.45. The Morgan fingerprint density at radius 1 is 0.941 bits per heavy atom. The summed E-state index contributed by atoms with van der Waals surface area (Å²) in [6.45, 7) is 0. The van der Waals surface area contributed by atoms with Gasteiger partial charge in [-0.15, -0.1) is 0 Å². The minimum Gasteiger partial charge on any atom is -0.503 e. The van der Waals surface area contributed by atoms with Gasteiger partial charge in [0.2, 0.25) is 0 Å². The lowest BCUT2D eigenvalue weighted by atomic mass is 9.94. The van der Waals surface area contributed by atoms with Gasteiger partial charge in [0, 0.05) is 11.3 Å². The van der Waals surface area contributed by atoms with Crippen LogP contribution in [0.25, 0.3) is 6.08 Å². The lowest BCUT2D eigenvalue weighted by molar-refractivity contribution is -0.137. The molecule has 0 radical (unpaired) electrons. The summed E-state index contributed by atoms with van der Waals surface area (Å²) in [5.41, 5.74) is -1.19. The van der Waals surface area contributed by atoms with Crippen LogP contribution in [0.5, 0.6) is 0 Å². The molecule has 1 unspecified atom stereocenters. The molecule has 3 aromatic carbocycles. The third kappa shape index (κ3) is 4.34. The summed E-state index contributed by atoms with van der Waals surface area (Å²) in [6, 6.07) is 16.4. The van der Waals surface area contributed by atoms with Crippen molar-refractivity contribution >= 4 is 23.5 Å². The van der Waals surface area contributed by atoms with E-state index in [4.69, 9.17) is 0 Å². The Hall–Kier alpha value is -4.20. The molecule has 0 saturated carbocycles. The lowest BCUT2D eigenvalue weighted by Gasteiger charge is -2.27. The lowest BCUT2D eigenvalue weighted by Crippen LogP contribution is -2.31. The van der Waals surface area contributed by atoms with Crippen molar-refractivity contribution in [2.45, 2.75) is 12.2 Å². The van der Waals surface area contributed by atoms with E-state index < -0.39 is 46.6 Å². The highest BCUT2D eigenvalue weighted by atomic mass is 19.4. The summed E-state index contributed by atoms with van der Waals surface area (Å²) in [5.74, 6) is -3.63. The third-order valence-electron chi connectivity index (χ3n) is 5.35. The van der Waals surface area contributed by atoms with E-state index in [1.54, 1.807) is 30.3 Å². The van der Waals surface area contributed by atoms with E-state index in [1.165, 1.54) is 30.3 Å². The van der Waals surface area contributed by atoms with Gasteiger partial charge in [0.05, 0.1) is 17.2 Å². The topological polar surface area (TPSA) is 57.6 Å². The predicted molar refractivity (Wildman–Crippen MR) is 118 cm³/mol. The van der Waals surface area contributed by atoms with E-state index in [0.717, 1.165) is 29.2 Å². The molecule has 4 nitrogen and oxygen atoms in total. The monoisotopic (exact) mass is 467 g/mol. The van der Waals surface area contributed by atoms with Gasteiger partial charge in [-0.1, -0.05) is 60.7 Å². The Morgan fingerprint density at radius 2 is 1.62 bits per heavy atom. The first kappa shape index (κ1) is 23.0. The number of benzene rings is 3. The van der Waals surface area contributed by atoms with Crippen molar-refractivity contribution in [1.82, 2.24) is 0 Å². The summed E-state index contributed by atoms with van der Waals surface area (Å²) in [4.78, 5) is 26.9. The zero-order valence-electron chi connectivity index (χ0n) is 17.5. The van der Waals surface area contributed by atoms with Crippen LogP contribution in [0.3, 0.4) is 0 Å². The van der Waals surface area contributed by atoms with Gasteiger partial charge in [-0.2, -0.15) is 13.2 Å². The fourth-order valence-corrected chi connectivity index (χ4v) is 3.77. The van der Waals surface area contributed by atoms with E-state index in [0.29, 0.717) is 11.6 Å². The van der Waals surface area contributed by atoms with Gasteiger partial charge >= 0.3 is 6.18 Å². The van der Waals surface area contributed by atoms with Gasteiger partial charge in [0.1, 0.15) is 5.82 Å². The molecule has 1 aliphatic rings. The van der Waals surface area contributed by atoms with Crippen molar-refractivity contribution in [3.05, 3.63) is 119 Å². The van der Waals surface area contributed by atoms with Crippen LogP contribution in [-0.2, 0) is 15.8 Å². The minimum absolute atomic E-state index is 0.145. The van der Waals surface area contributed by atoms with E-state index >= 15 is 0 Å². The van der Waals surface area contributed by atoms with Gasteiger partial charge in [-0.25, -0.2) is 4.39 Å². The molecule has 1 amide bonds. The number of aliphatic hydroxyl groups excluding tert-OH is 1. The summed E-state index contributed by atoms with van der Waals surface area (Å²) in [5, 5.41) is 10.6. The minimum atomic E-state index is -4.70. The number of anilines is 1. The van der Waals surface area contributed by atoms with Crippen LogP contribution in [0, 0.1) is 5.82 Å². The smallest absolute Gasteiger partial charge is 0.416 e. The first-order valence-electron chi connectivity index (χ1n) is 10.1. The second-order valence-electron chi connectivity index (χ2n) is 7.52. The van der Waals surface area contributed by atoms with Crippen molar-refractivity contribution in [2.24, 2.45) is 0 Å². The SMILES string of the molecule is O=C(/C=C\c1ccccc1)C1=C(O)C(=O)N(c2cccc(C(F)(F)F)c2)C1c1ccccc1F. The fraction of sp³-hybridized carbons (Fsp3) is 0.0769. The molecule has 0 bridgehead atoms. The molecule has 0 spiro atoms. The molecule has 1 N–H and O–H groups in total. The molecular weight excluding hydrogens is 450 g/mol. The average Bonchev–Trinajstić information content (AvgIpc) is 3.08. The molecular formula is C26H17F4NO3. The van der Waals surface area contributed by atoms with Crippen molar-refractivity contribution in [3.8, 4) is 0 Å². The zero-order valence-corrected chi connectivity index (χ0v) is 17.5. The van der Waals surface area contributed by atoms with Gasteiger partial charge in [-0.05, 0) is 35.9 Å². The van der Waals surface area contributed by atoms with E-state index in [1.807, 2.05) is 0 Å². The summed E-state index contributed by atoms with van der Waals surface area (Å²) < 4.78 is 54.7. The first-order chi connectivity index (χ1) is 16.2. The van der Waals surface area contributed by atoms with Crippen LogP contribution in [-0.4, -0.2) is 16.8 Å². The molecule has 0 saturated heterocycles. The van der Waals surface area contributed by atoms with Crippen LogP contribution in [0.15, 0.2) is 96.3 Å². The number of carbonyl (C=O) groups excluding carboxylic acids is 2. The van der Waals surface area contributed by atoms with Gasteiger partial charge in [0.25, 0.3) is 5.91 Å². The highest BCUT2D eigenvalue weighted by Crippen LogP contribution is 2.43. The molecule has 1 aliphatic heterocycles. The van der Waals surface area contributed by atoms with E-state index in [9.17, 15) is 32.3 Å². The number of allylic oxidation sites excluding steroid dienone is 1. The number of hydrogen-bond acceptors (Lipinski definition) is 3. The molecule has 4 rings (SSSR count). The van der Waals surface area contributed by atoms with Crippen LogP contribution in [0.4, 0.5) is 23.2 Å². The van der Waals surface area contributed by atoms with E-state index in [2.05, 4.69) is 0 Å². The van der Waals surface area contributed by atoms with Crippen LogP contribution in [0.1, 0.15) is 22.7 Å². The largest absolute Gasteiger partial charge is 0.503 e. The Kier molecular flexibility index (Phi) is 6.06. The van der Waals surface area contributed by atoms with E-state index in [-0.39, 0.29) is 11.3 Å². The highest BCUT2D eigenvalue weighted by molar-refractivity contribution is 6.19. The molecule has 8 heteroatoms. The standard InChI is InChI=1S/C26H17F4NO3/c27-20-12-5-4-11-19(20)23-22(21(32)14-13-16-7-2-1-3-8-16)24(33)25(34)31(23)18-10-6-9-17(15-18)26(28,29)30/h1-15,23,33H/b14-13-. The number of aliphatic hydroxyl groups is 1. The Morgan fingerprint density at radius 3 is 2.29 bits per heavy atom. The zero-order chi connectivity index (χ0) is 24.5. The molecule has 1 heterocycles. The first-order valence-corrected chi connectivity index (χ1v) is 10.1. The Balaban J connectivity index is 1.83. The number of hydrogen-bond donors (Lipinski definition) is 1. The Labute approximate surface area is 192 Å². The molecule has 0 fully saturated rings. The molecule has 0 aromatic heterocycles. The summed E-state index contributed by atoms with van der Waals surface area (Å²) >= 11 is 0. The molecule has 34 heavy (non-hydrogen) atoms. The van der Waals surface area contributed by atoms with Crippen molar-refractivity contribution in [1.29, 1.82) is 0 Å². The quantitative estimate of drug-likeness (QED) is 0.368. The number of ketones is 1. The number of rotatable bonds is 5. The number of carbonyl (C=O) groups is 2. The second kappa shape index (κ2) is 8.97. The molecule has 3 aromatic rings. The second-order valence-corrected chi connectivity index (χ2v) is 7.52. The maximum Gasteiger partial charge on any atom is 0.416 e. The number of amides is 1. The third-order valence-corrected chi connectivity index (χ3v) is 5.35. The number of halogens is 4. The fourth-order valence-electron chi connectivity index (χ4n) is 3.77. The molecule has 172 valence electrons. The van der Waals surface area contributed by atoms with Crippen LogP contribution >= 0.6 is 0 Å². The maximum atomic E-state index is 14.8. The predicted octanol–water partition coefficient (Wildman–Crippen LogP) is 6.03. The van der Waals surface area contributed by atoms with Gasteiger partial charge in [-0.3, -0.25) is 14.5 Å². The van der Waals surface area contributed by atoms with Gasteiger partial charge < -0.3 is 5.11 Å². The molecule has 0 aliphatic carbocycles. The molecule has 1 atom stereocenters. The van der Waals surface area contributed by atoms with Crippen LogP contribution < -0.4 is 4.90 Å². The van der Waals surface area contributed by atoms with Crippen molar-refractivity contribution in [3.63, 3.8) is 0 Å². The Bertz CT molecular complexity index is 1310. The average molecular weight is 467 g/mol. The normalized spacial score (nSPS) is 16.5. The van der Waals surface area contributed by atoms with Crippen molar-refractivity contribution < 1.29 is 32.3 Å². The summed E-state index contributed by atoms with van der Waals surface area (Å²) in [7, 11) is 0. The number of alkyl halides is 3. The maximum absolute atomic E-state index is 14.8. The van der Waals surface area contributed by atoms with Crippen molar-refractivity contribution in [2.75, 3.05) is 4.90 Å². The van der Waals surface area contributed by atoms with Gasteiger partial charge in [0.15, 0.2) is 11.5 Å². The number of nitrogens with zero attached hydrogens (tertiary/aromatic N) is 1. The summed E-state index contributed by atoms with van der Waals surface area (Å²) in [6.07, 6.45) is -2.12.